The first-order valence-corrected chi connectivity index (χ1v) is 6.75. The van der Waals surface area contributed by atoms with Gasteiger partial charge in [0.15, 0.2) is 0 Å². The van der Waals surface area contributed by atoms with Crippen LogP contribution < -0.4 is 0 Å². The molecule has 5 heteroatoms. The summed E-state index contributed by atoms with van der Waals surface area (Å²) in [6.07, 6.45) is 5.30. The summed E-state index contributed by atoms with van der Waals surface area (Å²) in [6.45, 7) is 1.88. The molecule has 0 spiro atoms. The first-order chi connectivity index (χ1) is 9.74. The van der Waals surface area contributed by atoms with Crippen LogP contribution in [0.1, 0.15) is 24.8 Å². The Balaban J connectivity index is 1.87. The van der Waals surface area contributed by atoms with Gasteiger partial charge in [-0.2, -0.15) is 0 Å². The van der Waals surface area contributed by atoms with E-state index in [2.05, 4.69) is 10.1 Å². The van der Waals surface area contributed by atoms with Gasteiger partial charge in [-0.25, -0.2) is 9.18 Å². The smallest absolute Gasteiger partial charge is 0.369 e. The van der Waals surface area contributed by atoms with E-state index in [1.807, 2.05) is 6.20 Å². The fraction of sp³-hybridized carbons (Fsp3) is 0.333. The van der Waals surface area contributed by atoms with E-state index in [9.17, 15) is 9.18 Å². The predicted molar refractivity (Wildman–Crippen MR) is 72.5 cm³/mol. The second kappa shape index (κ2) is 5.45. The molecule has 1 saturated heterocycles. The summed E-state index contributed by atoms with van der Waals surface area (Å²) in [5, 5.41) is 3.81. The van der Waals surface area contributed by atoms with Gasteiger partial charge in [-0.05, 0) is 43.5 Å². The number of likely N-dealkylation sites (tertiary alicyclic amines) is 1. The molecule has 0 aromatic heterocycles. The van der Waals surface area contributed by atoms with Crippen molar-refractivity contribution in [3.05, 3.63) is 47.4 Å². The summed E-state index contributed by atoms with van der Waals surface area (Å²) < 4.78 is 13.0. The Hall–Kier alpha value is -2.17. The molecule has 0 aliphatic carbocycles. The molecule has 20 heavy (non-hydrogen) atoms. The van der Waals surface area contributed by atoms with Crippen molar-refractivity contribution < 1.29 is 14.0 Å². The average molecular weight is 274 g/mol. The molecule has 104 valence electrons. The maximum absolute atomic E-state index is 13.0. The molecule has 0 bridgehead atoms. The fourth-order valence-electron chi connectivity index (χ4n) is 2.44. The van der Waals surface area contributed by atoms with Crippen LogP contribution in [-0.2, 0) is 9.63 Å². The molecule has 0 unspecified atom stereocenters. The van der Waals surface area contributed by atoms with Gasteiger partial charge in [-0.3, -0.25) is 0 Å². The fourth-order valence-corrected chi connectivity index (χ4v) is 2.44. The molecule has 0 atom stereocenters. The molecule has 2 heterocycles. The van der Waals surface area contributed by atoms with Crippen LogP contribution in [0.4, 0.5) is 4.39 Å². The summed E-state index contributed by atoms with van der Waals surface area (Å²) in [7, 11) is 0. The third-order valence-electron chi connectivity index (χ3n) is 3.51. The van der Waals surface area contributed by atoms with Crippen LogP contribution in [0.2, 0.25) is 0 Å². The molecule has 0 radical (unpaired) electrons. The zero-order valence-electron chi connectivity index (χ0n) is 11.0. The Morgan fingerprint density at radius 1 is 1.15 bits per heavy atom. The molecular formula is C15H15FN2O2. The highest BCUT2D eigenvalue weighted by atomic mass is 19.1. The molecule has 0 amide bonds. The van der Waals surface area contributed by atoms with Crippen LogP contribution in [-0.4, -0.2) is 29.7 Å². The molecule has 1 aromatic rings. The summed E-state index contributed by atoms with van der Waals surface area (Å²) in [5.41, 5.74) is 1.60. The van der Waals surface area contributed by atoms with E-state index in [1.54, 1.807) is 12.1 Å². The first-order valence-electron chi connectivity index (χ1n) is 6.75. The molecule has 3 rings (SSSR count). The predicted octanol–water partition coefficient (Wildman–Crippen LogP) is 2.46. The van der Waals surface area contributed by atoms with Gasteiger partial charge >= 0.3 is 5.97 Å². The Bertz CT molecular complexity index is 572. The summed E-state index contributed by atoms with van der Waals surface area (Å²) in [4.78, 5) is 18.7. The molecule has 0 saturated carbocycles. The van der Waals surface area contributed by atoms with Gasteiger partial charge < -0.3 is 9.74 Å². The Labute approximate surface area is 116 Å². The molecule has 4 nitrogen and oxygen atoms in total. The van der Waals surface area contributed by atoms with Gasteiger partial charge in [-0.15, -0.1) is 0 Å². The van der Waals surface area contributed by atoms with Crippen molar-refractivity contribution >= 4 is 11.7 Å². The number of carbonyl (C=O) groups is 1. The van der Waals surface area contributed by atoms with E-state index in [0.29, 0.717) is 16.8 Å². The first kappa shape index (κ1) is 12.8. The molecule has 2 aliphatic rings. The number of oxime groups is 1. The van der Waals surface area contributed by atoms with E-state index >= 15 is 0 Å². The monoisotopic (exact) mass is 274 g/mol. The van der Waals surface area contributed by atoms with E-state index in [0.717, 1.165) is 25.9 Å². The lowest BCUT2D eigenvalue weighted by atomic mass is 10.0. The number of hydrogen-bond donors (Lipinski definition) is 0. The standard InChI is InChI=1S/C15H15FN2O2/c16-12-6-4-11(5-7-12)14-13(15(19)20-17-14)10-18-8-2-1-3-9-18/h4-7,10H,1-3,8-9H2. The van der Waals surface area contributed by atoms with Crippen LogP contribution in [0.25, 0.3) is 0 Å². The van der Waals surface area contributed by atoms with Crippen molar-refractivity contribution in [1.29, 1.82) is 0 Å². The number of hydrogen-bond acceptors (Lipinski definition) is 4. The molecular weight excluding hydrogens is 259 g/mol. The van der Waals surface area contributed by atoms with Crippen LogP contribution in [0.15, 0.2) is 41.2 Å². The molecule has 1 aromatic carbocycles. The summed E-state index contributed by atoms with van der Waals surface area (Å²) >= 11 is 0. The normalized spacial score (nSPS) is 21.1. The Kier molecular flexibility index (Phi) is 3.50. The van der Waals surface area contributed by atoms with Crippen molar-refractivity contribution in [3.63, 3.8) is 0 Å². The zero-order chi connectivity index (χ0) is 13.9. The third-order valence-corrected chi connectivity index (χ3v) is 3.51. The van der Waals surface area contributed by atoms with Gasteiger partial charge in [0.05, 0.1) is 0 Å². The van der Waals surface area contributed by atoms with Crippen LogP contribution in [0.5, 0.6) is 0 Å². The van der Waals surface area contributed by atoms with E-state index < -0.39 is 5.97 Å². The lowest BCUT2D eigenvalue weighted by molar-refractivity contribution is -0.136. The zero-order valence-corrected chi connectivity index (χ0v) is 11.0. The second-order valence-electron chi connectivity index (χ2n) is 4.96. The minimum absolute atomic E-state index is 0.318. The van der Waals surface area contributed by atoms with Crippen molar-refractivity contribution in [3.8, 4) is 0 Å². The Morgan fingerprint density at radius 3 is 2.55 bits per heavy atom. The quantitative estimate of drug-likeness (QED) is 0.614. The highest BCUT2D eigenvalue weighted by Crippen LogP contribution is 2.20. The van der Waals surface area contributed by atoms with E-state index in [4.69, 9.17) is 4.84 Å². The number of benzene rings is 1. The largest absolute Gasteiger partial charge is 0.377 e. The minimum atomic E-state index is -0.449. The van der Waals surface area contributed by atoms with Gasteiger partial charge in [-0.1, -0.05) is 5.16 Å². The van der Waals surface area contributed by atoms with Gasteiger partial charge in [0.2, 0.25) is 0 Å². The Morgan fingerprint density at radius 2 is 1.85 bits per heavy atom. The van der Waals surface area contributed by atoms with Crippen molar-refractivity contribution in [2.24, 2.45) is 5.16 Å². The SMILES string of the molecule is O=C1ON=C(c2ccc(F)cc2)C1=CN1CCCCC1. The molecule has 2 aliphatic heterocycles. The highest BCUT2D eigenvalue weighted by Gasteiger charge is 2.28. The van der Waals surface area contributed by atoms with E-state index in [1.165, 1.54) is 18.6 Å². The minimum Gasteiger partial charge on any atom is -0.377 e. The lowest BCUT2D eigenvalue weighted by Gasteiger charge is -2.25. The highest BCUT2D eigenvalue weighted by molar-refractivity contribution is 6.28. The van der Waals surface area contributed by atoms with E-state index in [-0.39, 0.29) is 5.82 Å². The van der Waals surface area contributed by atoms with Crippen molar-refractivity contribution in [1.82, 2.24) is 4.90 Å². The van der Waals surface area contributed by atoms with Gasteiger partial charge in [0, 0.05) is 24.9 Å². The number of nitrogens with zero attached hydrogens (tertiary/aromatic N) is 2. The summed E-state index contributed by atoms with van der Waals surface area (Å²) in [5.74, 6) is -0.768. The topological polar surface area (TPSA) is 41.9 Å². The van der Waals surface area contributed by atoms with Crippen LogP contribution in [0, 0.1) is 5.82 Å². The average Bonchev–Trinajstić information content (AvgIpc) is 2.83. The molecule has 1 fully saturated rings. The van der Waals surface area contributed by atoms with Crippen LogP contribution >= 0.6 is 0 Å². The molecule has 0 N–H and O–H groups in total. The van der Waals surface area contributed by atoms with Crippen molar-refractivity contribution in [2.75, 3.05) is 13.1 Å². The summed E-state index contributed by atoms with van der Waals surface area (Å²) in [6, 6.07) is 5.89. The maximum Gasteiger partial charge on any atom is 0.369 e. The third kappa shape index (κ3) is 2.57. The number of piperidine rings is 1. The number of carbonyl (C=O) groups excluding carboxylic acids is 1. The maximum atomic E-state index is 13.0. The number of rotatable bonds is 2. The van der Waals surface area contributed by atoms with Crippen LogP contribution in [0.3, 0.4) is 0 Å². The van der Waals surface area contributed by atoms with Gasteiger partial charge in [0.1, 0.15) is 17.1 Å². The second-order valence-corrected chi connectivity index (χ2v) is 4.96. The number of halogens is 1. The van der Waals surface area contributed by atoms with Crippen molar-refractivity contribution in [2.45, 2.75) is 19.3 Å². The lowest BCUT2D eigenvalue weighted by Crippen LogP contribution is -2.26. The van der Waals surface area contributed by atoms with Gasteiger partial charge in [0.25, 0.3) is 0 Å².